The van der Waals surface area contributed by atoms with Gasteiger partial charge in [0, 0.05) is 32.1 Å². The van der Waals surface area contributed by atoms with E-state index in [9.17, 15) is 14.0 Å². The number of carbonyl (C=O) groups excluding carboxylic acids is 2. The predicted octanol–water partition coefficient (Wildman–Crippen LogP) is 1.20. The van der Waals surface area contributed by atoms with Crippen molar-refractivity contribution in [1.82, 2.24) is 10.2 Å². The summed E-state index contributed by atoms with van der Waals surface area (Å²) in [6.45, 7) is 1.66. The second-order valence-corrected chi connectivity index (χ2v) is 5.23. The minimum Gasteiger partial charge on any atom is -0.484 e. The number of rotatable bonds is 7. The summed E-state index contributed by atoms with van der Waals surface area (Å²) in [5, 5.41) is 11.3. The first kappa shape index (κ1) is 16.7. The topological polar surface area (TPSA) is 82.4 Å². The van der Waals surface area contributed by atoms with E-state index in [-0.39, 0.29) is 29.7 Å². The molecular weight excluding hydrogens is 301 g/mol. The average Bonchev–Trinajstić information content (AvgIpc) is 2.95. The van der Waals surface area contributed by atoms with E-state index in [1.54, 1.807) is 11.0 Å². The summed E-state index contributed by atoms with van der Waals surface area (Å²) >= 11 is 0. The fraction of sp³-hybridized carbons (Fsp3) is 0.438. The summed E-state index contributed by atoms with van der Waals surface area (Å²) < 4.78 is 18.5. The van der Waals surface area contributed by atoms with Gasteiger partial charge < -0.3 is 15.0 Å². The van der Waals surface area contributed by atoms with Crippen LogP contribution in [0.1, 0.15) is 24.8 Å². The van der Waals surface area contributed by atoms with Crippen molar-refractivity contribution >= 4 is 11.8 Å². The summed E-state index contributed by atoms with van der Waals surface area (Å²) in [7, 11) is 0. The Balaban J connectivity index is 1.64. The molecule has 1 aliphatic rings. The van der Waals surface area contributed by atoms with Crippen molar-refractivity contribution in [3.05, 3.63) is 29.6 Å². The standard InChI is InChI=1S/C16H18FN3O3/c17-14-9-13(5-4-12(14)10-18)23-11-15(21)19-6-2-8-20-7-1-3-16(20)22/h4-5,9H,1-3,6-8,11H2,(H,19,21). The van der Waals surface area contributed by atoms with Gasteiger partial charge in [-0.1, -0.05) is 0 Å². The molecule has 0 bridgehead atoms. The molecule has 6 nitrogen and oxygen atoms in total. The summed E-state index contributed by atoms with van der Waals surface area (Å²) in [6, 6.07) is 5.52. The number of benzene rings is 1. The van der Waals surface area contributed by atoms with E-state index >= 15 is 0 Å². The molecule has 1 aromatic carbocycles. The van der Waals surface area contributed by atoms with Gasteiger partial charge in [-0.3, -0.25) is 9.59 Å². The van der Waals surface area contributed by atoms with Gasteiger partial charge in [-0.05, 0) is 25.0 Å². The van der Waals surface area contributed by atoms with Crippen molar-refractivity contribution in [2.75, 3.05) is 26.2 Å². The maximum absolute atomic E-state index is 13.4. The highest BCUT2D eigenvalue weighted by molar-refractivity contribution is 5.78. The molecule has 0 atom stereocenters. The zero-order chi connectivity index (χ0) is 16.7. The largest absolute Gasteiger partial charge is 0.484 e. The number of nitrogens with zero attached hydrogens (tertiary/aromatic N) is 2. The van der Waals surface area contributed by atoms with Gasteiger partial charge in [0.1, 0.15) is 17.6 Å². The first-order valence-corrected chi connectivity index (χ1v) is 7.47. The normalized spacial score (nSPS) is 13.7. The highest BCUT2D eigenvalue weighted by atomic mass is 19.1. The summed E-state index contributed by atoms with van der Waals surface area (Å²) in [5.74, 6) is -0.634. The van der Waals surface area contributed by atoms with Gasteiger partial charge in [-0.2, -0.15) is 5.26 Å². The molecule has 1 fully saturated rings. The highest BCUT2D eigenvalue weighted by Gasteiger charge is 2.19. The summed E-state index contributed by atoms with van der Waals surface area (Å²) in [6.07, 6.45) is 2.20. The van der Waals surface area contributed by atoms with E-state index < -0.39 is 5.82 Å². The van der Waals surface area contributed by atoms with Crippen molar-refractivity contribution in [2.24, 2.45) is 0 Å². The number of amides is 2. The minimum absolute atomic E-state index is 0.0711. The van der Waals surface area contributed by atoms with Crippen molar-refractivity contribution in [3.8, 4) is 11.8 Å². The van der Waals surface area contributed by atoms with E-state index in [0.29, 0.717) is 25.9 Å². The summed E-state index contributed by atoms with van der Waals surface area (Å²) in [4.78, 5) is 24.8. The highest BCUT2D eigenvalue weighted by Crippen LogP contribution is 2.15. The molecular formula is C16H18FN3O3. The van der Waals surface area contributed by atoms with Crippen LogP contribution in [-0.2, 0) is 9.59 Å². The number of hydrogen-bond acceptors (Lipinski definition) is 4. The van der Waals surface area contributed by atoms with Crippen molar-refractivity contribution < 1.29 is 18.7 Å². The Morgan fingerprint density at radius 3 is 2.96 bits per heavy atom. The third-order valence-electron chi connectivity index (χ3n) is 3.53. The third-order valence-corrected chi connectivity index (χ3v) is 3.53. The smallest absolute Gasteiger partial charge is 0.257 e. The zero-order valence-electron chi connectivity index (χ0n) is 12.7. The molecule has 2 amide bonds. The van der Waals surface area contributed by atoms with Gasteiger partial charge in [-0.15, -0.1) is 0 Å². The van der Waals surface area contributed by atoms with Crippen LogP contribution < -0.4 is 10.1 Å². The Labute approximate surface area is 133 Å². The van der Waals surface area contributed by atoms with Crippen LogP contribution in [0.15, 0.2) is 18.2 Å². The van der Waals surface area contributed by atoms with E-state index in [2.05, 4.69) is 5.32 Å². The Kier molecular flexibility index (Phi) is 5.92. The SMILES string of the molecule is N#Cc1ccc(OCC(=O)NCCCN2CCCC2=O)cc1F. The van der Waals surface area contributed by atoms with Gasteiger partial charge in [-0.25, -0.2) is 4.39 Å². The van der Waals surface area contributed by atoms with Crippen molar-refractivity contribution in [2.45, 2.75) is 19.3 Å². The molecule has 7 heteroatoms. The number of carbonyl (C=O) groups is 2. The number of hydrogen-bond donors (Lipinski definition) is 1. The molecule has 1 N–H and O–H groups in total. The number of likely N-dealkylation sites (tertiary alicyclic amines) is 1. The molecule has 0 aromatic heterocycles. The molecule has 122 valence electrons. The van der Waals surface area contributed by atoms with Crippen LogP contribution in [-0.4, -0.2) is 43.0 Å². The van der Waals surface area contributed by atoms with Gasteiger partial charge >= 0.3 is 0 Å². The van der Waals surface area contributed by atoms with Crippen LogP contribution in [0.3, 0.4) is 0 Å². The molecule has 1 heterocycles. The monoisotopic (exact) mass is 319 g/mol. The number of halogens is 1. The van der Waals surface area contributed by atoms with Crippen LogP contribution >= 0.6 is 0 Å². The lowest BCUT2D eigenvalue weighted by Gasteiger charge is -2.15. The van der Waals surface area contributed by atoms with Gasteiger partial charge in [0.15, 0.2) is 6.61 Å². The van der Waals surface area contributed by atoms with Crippen molar-refractivity contribution in [3.63, 3.8) is 0 Å². The first-order valence-electron chi connectivity index (χ1n) is 7.47. The lowest BCUT2D eigenvalue weighted by molar-refractivity contribution is -0.127. The Morgan fingerprint density at radius 1 is 1.48 bits per heavy atom. The fourth-order valence-electron chi connectivity index (χ4n) is 2.31. The van der Waals surface area contributed by atoms with E-state index in [1.165, 1.54) is 12.1 Å². The maximum Gasteiger partial charge on any atom is 0.257 e. The maximum atomic E-state index is 13.4. The molecule has 0 radical (unpaired) electrons. The minimum atomic E-state index is -0.680. The van der Waals surface area contributed by atoms with Crippen molar-refractivity contribution in [1.29, 1.82) is 5.26 Å². The van der Waals surface area contributed by atoms with Crippen LogP contribution in [0.25, 0.3) is 0 Å². The molecule has 0 spiro atoms. The van der Waals surface area contributed by atoms with E-state index in [0.717, 1.165) is 19.0 Å². The summed E-state index contributed by atoms with van der Waals surface area (Å²) in [5.41, 5.74) is -0.0711. The Morgan fingerprint density at radius 2 is 2.30 bits per heavy atom. The number of nitriles is 1. The molecule has 1 saturated heterocycles. The number of nitrogens with one attached hydrogen (secondary N) is 1. The lowest BCUT2D eigenvalue weighted by Crippen LogP contribution is -2.33. The second-order valence-electron chi connectivity index (χ2n) is 5.23. The average molecular weight is 319 g/mol. The quantitative estimate of drug-likeness (QED) is 0.766. The lowest BCUT2D eigenvalue weighted by atomic mass is 10.2. The van der Waals surface area contributed by atoms with Crippen LogP contribution in [0.5, 0.6) is 5.75 Å². The van der Waals surface area contributed by atoms with Crippen LogP contribution in [0.4, 0.5) is 4.39 Å². The Hall–Kier alpha value is -2.62. The zero-order valence-corrected chi connectivity index (χ0v) is 12.7. The molecule has 0 saturated carbocycles. The number of ether oxygens (including phenoxy) is 1. The molecule has 23 heavy (non-hydrogen) atoms. The van der Waals surface area contributed by atoms with E-state index in [1.807, 2.05) is 0 Å². The molecule has 2 rings (SSSR count). The fourth-order valence-corrected chi connectivity index (χ4v) is 2.31. The molecule has 1 aromatic rings. The van der Waals surface area contributed by atoms with Crippen LogP contribution in [0, 0.1) is 17.1 Å². The van der Waals surface area contributed by atoms with Gasteiger partial charge in [0.05, 0.1) is 5.56 Å². The molecule has 0 aliphatic carbocycles. The van der Waals surface area contributed by atoms with Crippen LogP contribution in [0.2, 0.25) is 0 Å². The second kappa shape index (κ2) is 8.13. The van der Waals surface area contributed by atoms with E-state index in [4.69, 9.17) is 10.00 Å². The van der Waals surface area contributed by atoms with Gasteiger partial charge in [0.25, 0.3) is 5.91 Å². The molecule has 0 unspecified atom stereocenters. The van der Waals surface area contributed by atoms with Gasteiger partial charge in [0.2, 0.25) is 5.91 Å². The Bertz CT molecular complexity index is 627. The molecule has 1 aliphatic heterocycles. The third kappa shape index (κ3) is 4.95. The first-order chi connectivity index (χ1) is 11.1. The predicted molar refractivity (Wildman–Crippen MR) is 80.1 cm³/mol.